The van der Waals surface area contributed by atoms with Crippen LogP contribution in [-0.2, 0) is 17.6 Å². The largest absolute Gasteiger partial charge is 0.372 e. The van der Waals surface area contributed by atoms with E-state index in [1.807, 2.05) is 12.1 Å². The van der Waals surface area contributed by atoms with Crippen LogP contribution in [0.4, 0.5) is 0 Å². The fourth-order valence-electron chi connectivity index (χ4n) is 3.96. The summed E-state index contributed by atoms with van der Waals surface area (Å²) in [5.74, 6) is 0. The van der Waals surface area contributed by atoms with Crippen molar-refractivity contribution in [2.75, 3.05) is 6.61 Å². The maximum absolute atomic E-state index is 9.97. The molecule has 1 saturated heterocycles. The molecule has 1 aliphatic carbocycles. The zero-order chi connectivity index (χ0) is 17.2. The molecule has 0 aromatic carbocycles. The second-order valence-corrected chi connectivity index (χ2v) is 7.10. The third-order valence-corrected chi connectivity index (χ3v) is 5.32. The van der Waals surface area contributed by atoms with Gasteiger partial charge in [0, 0.05) is 24.1 Å². The van der Waals surface area contributed by atoms with E-state index in [1.165, 1.54) is 12.0 Å². The molecule has 5 heteroatoms. The molecule has 2 aromatic heterocycles. The summed E-state index contributed by atoms with van der Waals surface area (Å²) in [5, 5.41) is 10.4. The van der Waals surface area contributed by atoms with Gasteiger partial charge in [0.05, 0.1) is 11.3 Å². The first kappa shape index (κ1) is 16.5. The lowest BCUT2D eigenvalue weighted by atomic mass is 9.89. The van der Waals surface area contributed by atoms with Gasteiger partial charge in [-0.1, -0.05) is 18.0 Å². The van der Waals surface area contributed by atoms with E-state index in [-0.39, 0.29) is 6.10 Å². The van der Waals surface area contributed by atoms with Crippen LogP contribution in [0.2, 0.25) is 5.15 Å². The summed E-state index contributed by atoms with van der Waals surface area (Å²) in [6.07, 6.45) is 8.97. The number of ether oxygens (including phenoxy) is 1. The number of fused-ring (bicyclic) bond motifs is 1. The summed E-state index contributed by atoms with van der Waals surface area (Å²) in [5.41, 5.74) is 5.74. The Kier molecular flexibility index (Phi) is 4.70. The van der Waals surface area contributed by atoms with Gasteiger partial charge in [0.25, 0.3) is 0 Å². The Balaban J connectivity index is 1.98. The SMILES string of the molecule is N#Cc1c([C@H]2CCCO2)nc2c(c1-c1ccnc(Cl)c1)CCCCC2. The number of pyridine rings is 2. The minimum atomic E-state index is -0.0701. The molecule has 0 unspecified atom stereocenters. The molecule has 1 atom stereocenters. The van der Waals surface area contributed by atoms with Gasteiger partial charge in [0.2, 0.25) is 0 Å². The molecular weight excluding hydrogens is 334 g/mol. The van der Waals surface area contributed by atoms with E-state index >= 15 is 0 Å². The highest BCUT2D eigenvalue weighted by atomic mass is 35.5. The van der Waals surface area contributed by atoms with Crippen LogP contribution in [0.25, 0.3) is 11.1 Å². The van der Waals surface area contributed by atoms with Crippen molar-refractivity contribution < 1.29 is 4.74 Å². The average molecular weight is 354 g/mol. The molecule has 0 amide bonds. The molecule has 3 heterocycles. The molecule has 128 valence electrons. The first-order chi connectivity index (χ1) is 12.3. The van der Waals surface area contributed by atoms with E-state index in [0.29, 0.717) is 10.7 Å². The van der Waals surface area contributed by atoms with Crippen molar-refractivity contribution in [3.05, 3.63) is 46.0 Å². The van der Waals surface area contributed by atoms with Gasteiger partial charge in [-0.2, -0.15) is 5.26 Å². The van der Waals surface area contributed by atoms with Crippen molar-refractivity contribution in [3.8, 4) is 17.2 Å². The minimum Gasteiger partial charge on any atom is -0.372 e. The molecule has 0 radical (unpaired) electrons. The van der Waals surface area contributed by atoms with E-state index in [1.54, 1.807) is 6.20 Å². The van der Waals surface area contributed by atoms with E-state index in [2.05, 4.69) is 11.1 Å². The topological polar surface area (TPSA) is 58.8 Å². The van der Waals surface area contributed by atoms with Crippen LogP contribution in [0.5, 0.6) is 0 Å². The number of nitriles is 1. The number of halogens is 1. The Bertz CT molecular complexity index is 838. The van der Waals surface area contributed by atoms with Crippen molar-refractivity contribution >= 4 is 11.6 Å². The molecule has 1 fully saturated rings. The number of aryl methyl sites for hydroxylation is 1. The molecule has 1 aliphatic heterocycles. The Morgan fingerprint density at radius 1 is 1.20 bits per heavy atom. The second kappa shape index (κ2) is 7.11. The highest BCUT2D eigenvalue weighted by Gasteiger charge is 2.28. The van der Waals surface area contributed by atoms with Gasteiger partial charge < -0.3 is 4.74 Å². The first-order valence-corrected chi connectivity index (χ1v) is 9.35. The van der Waals surface area contributed by atoms with Gasteiger partial charge in [0.1, 0.15) is 17.3 Å². The number of aromatic nitrogens is 2. The molecule has 2 aromatic rings. The molecule has 0 spiro atoms. The lowest BCUT2D eigenvalue weighted by Gasteiger charge is -2.20. The Hall–Kier alpha value is -1.96. The van der Waals surface area contributed by atoms with E-state index in [4.69, 9.17) is 21.3 Å². The lowest BCUT2D eigenvalue weighted by molar-refractivity contribution is 0.108. The van der Waals surface area contributed by atoms with E-state index in [0.717, 1.165) is 67.6 Å². The third-order valence-electron chi connectivity index (χ3n) is 5.11. The number of hydrogen-bond acceptors (Lipinski definition) is 4. The monoisotopic (exact) mass is 353 g/mol. The van der Waals surface area contributed by atoms with Crippen LogP contribution in [0.1, 0.15) is 60.7 Å². The molecule has 0 N–H and O–H groups in total. The van der Waals surface area contributed by atoms with Gasteiger partial charge in [-0.3, -0.25) is 4.98 Å². The third kappa shape index (κ3) is 3.15. The molecule has 4 rings (SSSR count). The quantitative estimate of drug-likeness (QED) is 0.575. The number of rotatable bonds is 2. The molecule has 4 nitrogen and oxygen atoms in total. The van der Waals surface area contributed by atoms with Gasteiger partial charge in [-0.05, 0) is 61.8 Å². The normalized spacial score (nSPS) is 19.9. The molecule has 0 saturated carbocycles. The first-order valence-electron chi connectivity index (χ1n) is 8.97. The van der Waals surface area contributed by atoms with E-state index < -0.39 is 0 Å². The molecule has 2 aliphatic rings. The predicted molar refractivity (Wildman–Crippen MR) is 96.4 cm³/mol. The molecule has 0 bridgehead atoms. The van der Waals surface area contributed by atoms with E-state index in [9.17, 15) is 5.26 Å². The van der Waals surface area contributed by atoms with Gasteiger partial charge >= 0.3 is 0 Å². The average Bonchev–Trinajstić information content (AvgIpc) is 3.05. The Morgan fingerprint density at radius 2 is 2.08 bits per heavy atom. The maximum Gasteiger partial charge on any atom is 0.129 e. The number of hydrogen-bond donors (Lipinski definition) is 0. The highest BCUT2D eigenvalue weighted by molar-refractivity contribution is 6.29. The van der Waals surface area contributed by atoms with Crippen molar-refractivity contribution in [2.45, 2.75) is 51.0 Å². The van der Waals surface area contributed by atoms with Gasteiger partial charge in [-0.25, -0.2) is 4.98 Å². The molecule has 25 heavy (non-hydrogen) atoms. The summed E-state index contributed by atoms with van der Waals surface area (Å²) in [4.78, 5) is 9.03. The van der Waals surface area contributed by atoms with Crippen molar-refractivity contribution in [1.29, 1.82) is 5.26 Å². The summed E-state index contributed by atoms with van der Waals surface area (Å²) >= 11 is 6.14. The summed E-state index contributed by atoms with van der Waals surface area (Å²) < 4.78 is 5.87. The zero-order valence-electron chi connectivity index (χ0n) is 14.1. The lowest BCUT2D eigenvalue weighted by Crippen LogP contribution is -2.11. The van der Waals surface area contributed by atoms with Crippen LogP contribution >= 0.6 is 11.6 Å². The van der Waals surface area contributed by atoms with Crippen molar-refractivity contribution in [3.63, 3.8) is 0 Å². The highest BCUT2D eigenvalue weighted by Crippen LogP contribution is 2.39. The van der Waals surface area contributed by atoms with Crippen LogP contribution in [0.15, 0.2) is 18.3 Å². The van der Waals surface area contributed by atoms with Crippen molar-refractivity contribution in [2.24, 2.45) is 0 Å². The summed E-state index contributed by atoms with van der Waals surface area (Å²) in [6.45, 7) is 0.741. The predicted octanol–water partition coefficient (Wildman–Crippen LogP) is 4.79. The molecular formula is C20H20ClN3O. The number of nitrogens with zero attached hydrogens (tertiary/aromatic N) is 3. The summed E-state index contributed by atoms with van der Waals surface area (Å²) in [6, 6.07) is 6.21. The van der Waals surface area contributed by atoms with Gasteiger partial charge in [0.15, 0.2) is 0 Å². The minimum absolute atomic E-state index is 0.0701. The van der Waals surface area contributed by atoms with Crippen molar-refractivity contribution in [1.82, 2.24) is 9.97 Å². The van der Waals surface area contributed by atoms with Crippen LogP contribution < -0.4 is 0 Å². The van der Waals surface area contributed by atoms with Gasteiger partial charge in [-0.15, -0.1) is 0 Å². The van der Waals surface area contributed by atoms with Crippen LogP contribution in [0, 0.1) is 11.3 Å². The fourth-order valence-corrected chi connectivity index (χ4v) is 4.13. The second-order valence-electron chi connectivity index (χ2n) is 6.71. The smallest absolute Gasteiger partial charge is 0.129 e. The fraction of sp³-hybridized carbons (Fsp3) is 0.450. The summed E-state index contributed by atoms with van der Waals surface area (Å²) in [7, 11) is 0. The maximum atomic E-state index is 9.97. The van der Waals surface area contributed by atoms with Crippen LogP contribution in [-0.4, -0.2) is 16.6 Å². The van der Waals surface area contributed by atoms with Crippen LogP contribution in [0.3, 0.4) is 0 Å². The standard InChI is InChI=1S/C20H20ClN3O/c21-18-11-13(8-9-23-18)19-14-5-2-1-3-6-16(14)24-20(15(19)12-22)17-7-4-10-25-17/h8-9,11,17H,1-7,10H2/t17-/m1/s1. The Labute approximate surface area is 152 Å². The zero-order valence-corrected chi connectivity index (χ0v) is 14.9. The Morgan fingerprint density at radius 3 is 2.84 bits per heavy atom.